The van der Waals surface area contributed by atoms with Crippen molar-refractivity contribution in [1.29, 1.82) is 0 Å². The van der Waals surface area contributed by atoms with E-state index >= 15 is 0 Å². The van der Waals surface area contributed by atoms with Crippen LogP contribution >= 0.6 is 11.5 Å². The molecule has 8 heteroatoms. The summed E-state index contributed by atoms with van der Waals surface area (Å²) in [6.45, 7) is 2.18. The second-order valence-electron chi connectivity index (χ2n) is 6.79. The van der Waals surface area contributed by atoms with Crippen LogP contribution in [-0.2, 0) is 22.5 Å². The summed E-state index contributed by atoms with van der Waals surface area (Å²) < 4.78 is 22.7. The van der Waals surface area contributed by atoms with Crippen molar-refractivity contribution in [2.24, 2.45) is 0 Å². The minimum absolute atomic E-state index is 0.0164. The number of carbonyl (C=O) groups excluding carboxylic acids is 1. The van der Waals surface area contributed by atoms with E-state index in [-0.39, 0.29) is 11.7 Å². The van der Waals surface area contributed by atoms with Gasteiger partial charge >= 0.3 is 0 Å². The van der Waals surface area contributed by atoms with Crippen molar-refractivity contribution in [3.8, 4) is 0 Å². The maximum absolute atomic E-state index is 13.1. The fraction of sp³-hybridized carbons (Fsp3) is 0.318. The number of rotatable bonds is 11. The van der Waals surface area contributed by atoms with Crippen molar-refractivity contribution in [2.75, 3.05) is 31.7 Å². The standard InChI is InChI=1S/C22H25FN4O2S/c1-29-14-13-27(12-11-21(28)24-16-18-5-3-2-4-6-18)22-25-20(26-30-22)15-17-7-9-19(23)10-8-17/h2-10H,11-16H2,1H3,(H,24,28). The van der Waals surface area contributed by atoms with Crippen LogP contribution in [0.4, 0.5) is 9.52 Å². The summed E-state index contributed by atoms with van der Waals surface area (Å²) in [6.07, 6.45) is 0.885. The molecule has 0 bridgehead atoms. The number of aromatic nitrogens is 2. The Hall–Kier alpha value is -2.84. The van der Waals surface area contributed by atoms with Crippen molar-refractivity contribution in [3.63, 3.8) is 0 Å². The van der Waals surface area contributed by atoms with E-state index in [1.165, 1.54) is 23.7 Å². The maximum atomic E-state index is 13.1. The summed E-state index contributed by atoms with van der Waals surface area (Å²) in [7, 11) is 1.64. The Kier molecular flexibility index (Phi) is 8.29. The SMILES string of the molecule is COCCN(CCC(=O)NCc1ccccc1)c1nc(Cc2ccc(F)cc2)ns1. The van der Waals surface area contributed by atoms with Crippen molar-refractivity contribution in [1.82, 2.24) is 14.7 Å². The first-order valence-corrected chi connectivity index (χ1v) is 10.5. The van der Waals surface area contributed by atoms with Crippen molar-refractivity contribution in [2.45, 2.75) is 19.4 Å². The van der Waals surface area contributed by atoms with E-state index in [1.54, 1.807) is 19.2 Å². The lowest BCUT2D eigenvalue weighted by atomic mass is 10.1. The Labute approximate surface area is 179 Å². The monoisotopic (exact) mass is 428 g/mol. The minimum Gasteiger partial charge on any atom is -0.383 e. The van der Waals surface area contributed by atoms with E-state index in [2.05, 4.69) is 14.7 Å². The predicted molar refractivity (Wildman–Crippen MR) is 116 cm³/mol. The number of anilines is 1. The number of amides is 1. The first kappa shape index (κ1) is 21.9. The van der Waals surface area contributed by atoms with Gasteiger partial charge in [0.25, 0.3) is 0 Å². The highest BCUT2D eigenvalue weighted by molar-refractivity contribution is 7.09. The van der Waals surface area contributed by atoms with E-state index in [0.29, 0.717) is 44.9 Å². The van der Waals surface area contributed by atoms with Crippen LogP contribution in [0, 0.1) is 5.82 Å². The third-order valence-corrected chi connectivity index (χ3v) is 5.32. The number of hydrogen-bond donors (Lipinski definition) is 1. The number of nitrogens with one attached hydrogen (secondary N) is 1. The van der Waals surface area contributed by atoms with E-state index in [0.717, 1.165) is 16.3 Å². The minimum atomic E-state index is -0.262. The van der Waals surface area contributed by atoms with Gasteiger partial charge in [0, 0.05) is 51.1 Å². The molecule has 0 saturated heterocycles. The molecule has 1 amide bonds. The van der Waals surface area contributed by atoms with Gasteiger partial charge in [-0.15, -0.1) is 0 Å². The third-order valence-electron chi connectivity index (χ3n) is 4.51. The summed E-state index contributed by atoms with van der Waals surface area (Å²) in [5.74, 6) is 0.400. The van der Waals surface area contributed by atoms with Gasteiger partial charge < -0.3 is 15.0 Å². The van der Waals surface area contributed by atoms with E-state index in [1.807, 2.05) is 35.2 Å². The Bertz CT molecular complexity index is 918. The molecular weight excluding hydrogens is 403 g/mol. The van der Waals surface area contributed by atoms with Gasteiger partial charge in [0.05, 0.1) is 6.61 Å². The molecule has 6 nitrogen and oxygen atoms in total. The zero-order chi connectivity index (χ0) is 21.2. The zero-order valence-electron chi connectivity index (χ0n) is 16.9. The van der Waals surface area contributed by atoms with Crippen molar-refractivity contribution < 1.29 is 13.9 Å². The van der Waals surface area contributed by atoms with Gasteiger partial charge in [0.1, 0.15) is 11.6 Å². The summed E-state index contributed by atoms with van der Waals surface area (Å²) in [4.78, 5) is 18.9. The smallest absolute Gasteiger partial charge is 0.222 e. The van der Waals surface area contributed by atoms with Gasteiger partial charge in [-0.1, -0.05) is 42.5 Å². The molecule has 1 heterocycles. The van der Waals surface area contributed by atoms with Crippen LogP contribution in [0.25, 0.3) is 0 Å². The quantitative estimate of drug-likeness (QED) is 0.507. The molecule has 0 unspecified atom stereocenters. The normalized spacial score (nSPS) is 10.7. The van der Waals surface area contributed by atoms with Crippen LogP contribution < -0.4 is 10.2 Å². The molecule has 0 aliphatic carbocycles. The molecule has 3 rings (SSSR count). The van der Waals surface area contributed by atoms with Crippen molar-refractivity contribution in [3.05, 3.63) is 77.4 Å². The van der Waals surface area contributed by atoms with Gasteiger partial charge in [-0.3, -0.25) is 4.79 Å². The molecule has 1 N–H and O–H groups in total. The fourth-order valence-corrected chi connectivity index (χ4v) is 3.59. The molecule has 3 aromatic rings. The topological polar surface area (TPSA) is 67.3 Å². The number of ether oxygens (including phenoxy) is 1. The average molecular weight is 429 g/mol. The predicted octanol–water partition coefficient (Wildman–Crippen LogP) is 3.43. The summed E-state index contributed by atoms with van der Waals surface area (Å²) in [5, 5.41) is 3.69. The second-order valence-corrected chi connectivity index (χ2v) is 7.52. The lowest BCUT2D eigenvalue weighted by Crippen LogP contribution is -2.32. The maximum Gasteiger partial charge on any atom is 0.222 e. The van der Waals surface area contributed by atoms with Gasteiger partial charge in [-0.2, -0.15) is 4.37 Å². The molecule has 0 aliphatic rings. The Morgan fingerprint density at radius 2 is 1.87 bits per heavy atom. The number of methoxy groups -OCH3 is 1. The first-order chi connectivity index (χ1) is 14.6. The molecule has 0 atom stereocenters. The molecule has 0 saturated carbocycles. The van der Waals surface area contributed by atoms with E-state index in [4.69, 9.17) is 4.74 Å². The Morgan fingerprint density at radius 3 is 2.60 bits per heavy atom. The van der Waals surface area contributed by atoms with Gasteiger partial charge in [0.15, 0.2) is 0 Å². The number of hydrogen-bond acceptors (Lipinski definition) is 6. The van der Waals surface area contributed by atoms with Crippen LogP contribution in [0.2, 0.25) is 0 Å². The van der Waals surface area contributed by atoms with Crippen LogP contribution in [0.3, 0.4) is 0 Å². The number of nitrogens with zero attached hydrogens (tertiary/aromatic N) is 3. The molecule has 158 valence electrons. The second kappa shape index (κ2) is 11.4. The Balaban J connectivity index is 1.55. The lowest BCUT2D eigenvalue weighted by Gasteiger charge is -2.20. The average Bonchev–Trinajstić information content (AvgIpc) is 3.23. The summed E-state index contributed by atoms with van der Waals surface area (Å²) >= 11 is 1.30. The Morgan fingerprint density at radius 1 is 1.10 bits per heavy atom. The van der Waals surface area contributed by atoms with E-state index < -0.39 is 0 Å². The molecule has 0 fully saturated rings. The molecular formula is C22H25FN4O2S. The molecule has 1 aromatic heterocycles. The van der Waals surface area contributed by atoms with Crippen LogP contribution in [0.15, 0.2) is 54.6 Å². The van der Waals surface area contributed by atoms with Crippen LogP contribution in [0.1, 0.15) is 23.4 Å². The van der Waals surface area contributed by atoms with Crippen LogP contribution in [0.5, 0.6) is 0 Å². The van der Waals surface area contributed by atoms with E-state index in [9.17, 15) is 9.18 Å². The highest BCUT2D eigenvalue weighted by Crippen LogP contribution is 2.19. The molecule has 30 heavy (non-hydrogen) atoms. The fourth-order valence-electron chi connectivity index (χ4n) is 2.86. The van der Waals surface area contributed by atoms with Gasteiger partial charge in [0.2, 0.25) is 11.0 Å². The highest BCUT2D eigenvalue weighted by atomic mass is 32.1. The number of carbonyl (C=O) groups is 1. The first-order valence-electron chi connectivity index (χ1n) is 9.75. The summed E-state index contributed by atoms with van der Waals surface area (Å²) in [6, 6.07) is 16.1. The number of benzene rings is 2. The number of halogens is 1. The third kappa shape index (κ3) is 6.89. The van der Waals surface area contributed by atoms with Gasteiger partial charge in [-0.05, 0) is 23.3 Å². The lowest BCUT2D eigenvalue weighted by molar-refractivity contribution is -0.121. The molecule has 2 aromatic carbocycles. The molecule has 0 radical (unpaired) electrons. The van der Waals surface area contributed by atoms with Crippen molar-refractivity contribution >= 4 is 22.6 Å². The van der Waals surface area contributed by atoms with Gasteiger partial charge in [-0.25, -0.2) is 9.37 Å². The zero-order valence-corrected chi connectivity index (χ0v) is 17.7. The van der Waals surface area contributed by atoms with Crippen LogP contribution in [-0.4, -0.2) is 42.1 Å². The molecule has 0 spiro atoms. The largest absolute Gasteiger partial charge is 0.383 e. The molecule has 0 aliphatic heterocycles. The summed E-state index contributed by atoms with van der Waals surface area (Å²) in [5.41, 5.74) is 2.01. The highest BCUT2D eigenvalue weighted by Gasteiger charge is 2.15.